The molecule has 1 aliphatic rings. The lowest BCUT2D eigenvalue weighted by Crippen LogP contribution is -2.50. The van der Waals surface area contributed by atoms with Crippen LogP contribution in [0.25, 0.3) is 0 Å². The van der Waals surface area contributed by atoms with Crippen molar-refractivity contribution in [1.82, 2.24) is 20.0 Å². The summed E-state index contributed by atoms with van der Waals surface area (Å²) in [5.74, 6) is 0. The Morgan fingerprint density at radius 2 is 0.758 bits per heavy atom. The first-order valence-corrected chi connectivity index (χ1v) is 11.6. The predicted octanol–water partition coefficient (Wildman–Crippen LogP) is 3.30. The highest BCUT2D eigenvalue weighted by Crippen LogP contribution is 2.14. The van der Waals surface area contributed by atoms with Gasteiger partial charge in [-0.15, -0.1) is 0 Å². The zero-order valence-corrected chi connectivity index (χ0v) is 21.9. The first-order valence-electron chi connectivity index (χ1n) is 11.6. The van der Waals surface area contributed by atoms with Crippen LogP contribution in [0.5, 0.6) is 0 Å². The highest BCUT2D eigenvalue weighted by Gasteiger charge is 2.28. The number of carbonyl (C=O) groups excluding carboxylic acids is 3. The van der Waals surface area contributed by atoms with Crippen LogP contribution in [-0.2, 0) is 14.2 Å². The number of rotatable bonds is 0. The Bertz CT molecular complexity index is 621. The molecule has 1 aliphatic heterocycles. The minimum atomic E-state index is -0.666. The molecule has 33 heavy (non-hydrogen) atoms. The predicted molar refractivity (Wildman–Crippen MR) is 126 cm³/mol. The Morgan fingerprint density at radius 1 is 0.515 bits per heavy atom. The maximum Gasteiger partial charge on any atom is 0.410 e. The molecule has 0 radical (unpaired) electrons. The Balaban J connectivity index is 3.01. The number of ether oxygens (including phenoxy) is 3. The second kappa shape index (κ2) is 11.8. The summed E-state index contributed by atoms with van der Waals surface area (Å²) in [7, 11) is 0. The van der Waals surface area contributed by atoms with Crippen LogP contribution in [0.1, 0.15) is 62.3 Å². The summed E-state index contributed by atoms with van der Waals surface area (Å²) < 4.78 is 16.6. The maximum atomic E-state index is 12.9. The second-order valence-corrected chi connectivity index (χ2v) is 11.2. The van der Waals surface area contributed by atoms with Gasteiger partial charge in [0, 0.05) is 52.4 Å². The van der Waals surface area contributed by atoms with Gasteiger partial charge in [-0.1, -0.05) is 0 Å². The summed E-state index contributed by atoms with van der Waals surface area (Å²) in [6.07, 6.45) is -1.35. The highest BCUT2D eigenvalue weighted by atomic mass is 16.6. The highest BCUT2D eigenvalue weighted by molar-refractivity contribution is 5.70. The topological polar surface area (TPSA) is 101 Å². The minimum absolute atomic E-state index is 0.246. The Morgan fingerprint density at radius 3 is 1.00 bits per heavy atom. The average molecular weight is 473 g/mol. The molecular formula is C23H44N4O6. The smallest absolute Gasteiger partial charge is 0.410 e. The van der Waals surface area contributed by atoms with Crippen LogP contribution in [0.4, 0.5) is 14.4 Å². The van der Waals surface area contributed by atoms with Gasteiger partial charge in [0.2, 0.25) is 0 Å². The van der Waals surface area contributed by atoms with Crippen molar-refractivity contribution in [2.75, 3.05) is 52.4 Å². The summed E-state index contributed by atoms with van der Waals surface area (Å²) in [6.45, 7) is 19.2. The van der Waals surface area contributed by atoms with Crippen LogP contribution >= 0.6 is 0 Å². The van der Waals surface area contributed by atoms with E-state index < -0.39 is 35.1 Å². The first-order chi connectivity index (χ1) is 15.0. The molecule has 0 aromatic rings. The Labute approximate surface area is 198 Å². The lowest BCUT2D eigenvalue weighted by atomic mass is 10.2. The summed E-state index contributed by atoms with van der Waals surface area (Å²) >= 11 is 0. The van der Waals surface area contributed by atoms with Gasteiger partial charge in [-0.2, -0.15) is 0 Å². The molecule has 192 valence electrons. The van der Waals surface area contributed by atoms with Crippen molar-refractivity contribution < 1.29 is 28.6 Å². The number of carbonyl (C=O) groups is 3. The molecule has 0 aromatic heterocycles. The van der Waals surface area contributed by atoms with Crippen LogP contribution in [0.15, 0.2) is 0 Å². The molecule has 3 amide bonds. The van der Waals surface area contributed by atoms with E-state index in [1.165, 1.54) is 4.90 Å². The van der Waals surface area contributed by atoms with Gasteiger partial charge in [0.1, 0.15) is 16.8 Å². The molecule has 0 spiro atoms. The van der Waals surface area contributed by atoms with E-state index in [1.54, 1.807) is 30.6 Å². The van der Waals surface area contributed by atoms with Gasteiger partial charge in [-0.3, -0.25) is 0 Å². The number of nitrogens with zero attached hydrogens (tertiary/aromatic N) is 3. The monoisotopic (exact) mass is 472 g/mol. The number of nitrogens with one attached hydrogen (secondary N) is 1. The van der Waals surface area contributed by atoms with E-state index in [4.69, 9.17) is 14.2 Å². The third-order valence-electron chi connectivity index (χ3n) is 4.35. The fourth-order valence-corrected chi connectivity index (χ4v) is 2.90. The molecule has 10 nitrogen and oxygen atoms in total. The molecular weight excluding hydrogens is 428 g/mol. The molecule has 1 heterocycles. The van der Waals surface area contributed by atoms with E-state index in [-0.39, 0.29) is 26.2 Å². The van der Waals surface area contributed by atoms with Gasteiger partial charge in [0.15, 0.2) is 0 Å². The van der Waals surface area contributed by atoms with E-state index in [2.05, 4.69) is 5.32 Å². The van der Waals surface area contributed by atoms with Crippen molar-refractivity contribution >= 4 is 18.3 Å². The maximum absolute atomic E-state index is 12.9. The van der Waals surface area contributed by atoms with Gasteiger partial charge in [0.25, 0.3) is 0 Å². The van der Waals surface area contributed by atoms with E-state index in [0.717, 1.165) is 0 Å². The van der Waals surface area contributed by atoms with Gasteiger partial charge >= 0.3 is 18.3 Å². The quantitative estimate of drug-likeness (QED) is 0.540. The minimum Gasteiger partial charge on any atom is -0.444 e. The number of hydrogen-bond acceptors (Lipinski definition) is 7. The zero-order chi connectivity index (χ0) is 25.4. The molecule has 0 aromatic carbocycles. The number of hydrogen-bond donors (Lipinski definition) is 1. The molecule has 0 atom stereocenters. The largest absolute Gasteiger partial charge is 0.444 e. The average Bonchev–Trinajstić information content (AvgIpc) is 2.57. The summed E-state index contributed by atoms with van der Waals surface area (Å²) in [5.41, 5.74) is -1.90. The second-order valence-electron chi connectivity index (χ2n) is 11.2. The first kappa shape index (κ1) is 28.8. The summed E-state index contributed by atoms with van der Waals surface area (Å²) in [6, 6.07) is 0. The van der Waals surface area contributed by atoms with E-state index in [0.29, 0.717) is 26.2 Å². The van der Waals surface area contributed by atoms with Gasteiger partial charge in [-0.25, -0.2) is 14.4 Å². The van der Waals surface area contributed by atoms with Crippen LogP contribution < -0.4 is 5.32 Å². The van der Waals surface area contributed by atoms with E-state index in [9.17, 15) is 14.4 Å². The van der Waals surface area contributed by atoms with Crippen LogP contribution in [0.2, 0.25) is 0 Å². The van der Waals surface area contributed by atoms with Gasteiger partial charge < -0.3 is 34.2 Å². The Kier molecular flexibility index (Phi) is 10.3. The van der Waals surface area contributed by atoms with Crippen LogP contribution in [-0.4, -0.2) is 102 Å². The molecule has 0 saturated carbocycles. The van der Waals surface area contributed by atoms with Crippen molar-refractivity contribution in [3.8, 4) is 0 Å². The molecule has 10 heteroatoms. The molecule has 1 fully saturated rings. The fraction of sp³-hybridized carbons (Fsp3) is 0.870. The van der Waals surface area contributed by atoms with Crippen LogP contribution in [0.3, 0.4) is 0 Å². The third kappa shape index (κ3) is 12.6. The molecule has 1 saturated heterocycles. The summed E-state index contributed by atoms with van der Waals surface area (Å²) in [4.78, 5) is 42.9. The summed E-state index contributed by atoms with van der Waals surface area (Å²) in [5, 5.41) is 3.26. The van der Waals surface area contributed by atoms with Crippen molar-refractivity contribution in [3.63, 3.8) is 0 Å². The normalized spacial score (nSPS) is 17.5. The van der Waals surface area contributed by atoms with Crippen molar-refractivity contribution in [3.05, 3.63) is 0 Å². The standard InChI is InChI=1S/C23H44N4O6/c1-21(2,3)31-18(28)25-12-10-24-11-13-26(19(29)32-22(4,5)6)15-17-27(16-14-25)20(30)33-23(7,8)9/h24H,10-17H2,1-9H3. The number of amides is 3. The van der Waals surface area contributed by atoms with Crippen molar-refractivity contribution in [2.45, 2.75) is 79.1 Å². The van der Waals surface area contributed by atoms with Crippen molar-refractivity contribution in [1.29, 1.82) is 0 Å². The fourth-order valence-electron chi connectivity index (χ4n) is 2.90. The van der Waals surface area contributed by atoms with E-state index in [1.807, 2.05) is 41.5 Å². The zero-order valence-electron chi connectivity index (χ0n) is 21.9. The lowest BCUT2D eigenvalue weighted by Gasteiger charge is -2.34. The molecule has 0 unspecified atom stereocenters. The molecule has 1 N–H and O–H groups in total. The van der Waals surface area contributed by atoms with E-state index >= 15 is 0 Å². The van der Waals surface area contributed by atoms with Gasteiger partial charge in [0.05, 0.1) is 0 Å². The molecule has 0 aliphatic carbocycles. The molecule has 0 bridgehead atoms. The lowest BCUT2D eigenvalue weighted by molar-refractivity contribution is 0.00765. The Hall–Kier alpha value is -2.23. The van der Waals surface area contributed by atoms with Gasteiger partial charge in [-0.05, 0) is 62.3 Å². The SMILES string of the molecule is CC(C)(C)OC(=O)N1CCNCCN(C(=O)OC(C)(C)C)CCN(C(=O)OC(C)(C)C)CC1. The van der Waals surface area contributed by atoms with Crippen molar-refractivity contribution in [2.24, 2.45) is 0 Å². The third-order valence-corrected chi connectivity index (χ3v) is 4.35. The van der Waals surface area contributed by atoms with Crippen LogP contribution in [0, 0.1) is 0 Å². The molecule has 1 rings (SSSR count).